The third-order valence-electron chi connectivity index (χ3n) is 4.39. The Kier molecular flexibility index (Phi) is 4.54. The van der Waals surface area contributed by atoms with E-state index >= 15 is 0 Å². The second kappa shape index (κ2) is 6.93. The number of para-hydroxylation sites is 2. The number of amides is 1. The molecule has 0 radical (unpaired) electrons. The molecule has 0 saturated carbocycles. The maximum Gasteiger partial charge on any atom is 0.416 e. The maximum absolute atomic E-state index is 13.3. The van der Waals surface area contributed by atoms with Gasteiger partial charge in [0.25, 0.3) is 11.6 Å². The fourth-order valence-corrected chi connectivity index (χ4v) is 4.12. The molecule has 1 amide bonds. The van der Waals surface area contributed by atoms with Gasteiger partial charge in [-0.15, -0.1) is 0 Å². The number of fused-ring (bicyclic) bond motifs is 2. The summed E-state index contributed by atoms with van der Waals surface area (Å²) in [6.45, 7) is 0. The maximum atomic E-state index is 13.3. The Balaban J connectivity index is 1.93. The van der Waals surface area contributed by atoms with Crippen molar-refractivity contribution in [2.45, 2.75) is 16.0 Å². The van der Waals surface area contributed by atoms with Gasteiger partial charge in [-0.2, -0.15) is 13.2 Å². The molecule has 0 N–H and O–H groups in total. The first-order valence-corrected chi connectivity index (χ1v) is 9.15. The summed E-state index contributed by atoms with van der Waals surface area (Å²) in [5, 5.41) is 11.4. The lowest BCUT2D eigenvalue weighted by molar-refractivity contribution is -0.385. The zero-order valence-electron chi connectivity index (χ0n) is 14.5. The van der Waals surface area contributed by atoms with E-state index in [4.69, 9.17) is 0 Å². The summed E-state index contributed by atoms with van der Waals surface area (Å²) in [6.07, 6.45) is -4.59. The Hall–Kier alpha value is -3.33. The van der Waals surface area contributed by atoms with Crippen LogP contribution in [0.3, 0.4) is 0 Å². The van der Waals surface area contributed by atoms with Crippen LogP contribution in [-0.2, 0) is 6.18 Å². The van der Waals surface area contributed by atoms with Crippen molar-refractivity contribution in [2.24, 2.45) is 0 Å². The first kappa shape index (κ1) is 19.0. The Morgan fingerprint density at radius 3 is 2.31 bits per heavy atom. The number of nitro benzene ring substituents is 1. The summed E-state index contributed by atoms with van der Waals surface area (Å²) in [5.74, 6) is -0.773. The Morgan fingerprint density at radius 2 is 1.59 bits per heavy atom. The summed E-state index contributed by atoms with van der Waals surface area (Å²) in [6, 6.07) is 15.2. The molecule has 3 aromatic carbocycles. The monoisotopic (exact) mass is 416 g/mol. The largest absolute Gasteiger partial charge is 0.416 e. The second-order valence-electron chi connectivity index (χ2n) is 6.16. The van der Waals surface area contributed by atoms with E-state index in [1.807, 2.05) is 0 Å². The molecular formula is C20H11F3N2O3S. The normalized spacial score (nSPS) is 12.9. The smallest absolute Gasteiger partial charge is 0.274 e. The zero-order valence-corrected chi connectivity index (χ0v) is 15.3. The molecule has 9 heteroatoms. The number of benzene rings is 3. The molecule has 0 aliphatic carbocycles. The van der Waals surface area contributed by atoms with Crippen molar-refractivity contribution in [1.82, 2.24) is 0 Å². The lowest BCUT2D eigenvalue weighted by atomic mass is 10.1. The molecule has 1 aliphatic heterocycles. The van der Waals surface area contributed by atoms with Crippen LogP contribution in [0.25, 0.3) is 0 Å². The van der Waals surface area contributed by atoms with Crippen LogP contribution in [0.2, 0.25) is 0 Å². The van der Waals surface area contributed by atoms with Crippen LogP contribution in [0.1, 0.15) is 15.9 Å². The number of halogens is 3. The Labute approximate surface area is 166 Å². The van der Waals surface area contributed by atoms with Gasteiger partial charge in [-0.1, -0.05) is 36.0 Å². The molecular weight excluding hydrogens is 405 g/mol. The highest BCUT2D eigenvalue weighted by Crippen LogP contribution is 2.50. The predicted octanol–water partition coefficient (Wildman–Crippen LogP) is 6.06. The Morgan fingerprint density at radius 1 is 0.931 bits per heavy atom. The molecule has 0 atom stereocenters. The van der Waals surface area contributed by atoms with Crippen LogP contribution < -0.4 is 4.90 Å². The number of anilines is 2. The highest BCUT2D eigenvalue weighted by atomic mass is 32.2. The van der Waals surface area contributed by atoms with E-state index in [-0.39, 0.29) is 11.3 Å². The van der Waals surface area contributed by atoms with Crippen LogP contribution in [0, 0.1) is 10.1 Å². The number of carbonyl (C=O) groups excluding carboxylic acids is 1. The van der Waals surface area contributed by atoms with E-state index in [0.717, 1.165) is 17.0 Å². The summed E-state index contributed by atoms with van der Waals surface area (Å²) < 4.78 is 39.8. The molecule has 0 fully saturated rings. The van der Waals surface area contributed by atoms with E-state index in [2.05, 4.69) is 0 Å². The molecule has 0 bridgehead atoms. The van der Waals surface area contributed by atoms with Gasteiger partial charge in [0.05, 0.1) is 21.9 Å². The first-order chi connectivity index (χ1) is 13.8. The van der Waals surface area contributed by atoms with Gasteiger partial charge in [0, 0.05) is 15.9 Å². The van der Waals surface area contributed by atoms with Crippen LogP contribution in [0.15, 0.2) is 76.5 Å². The molecule has 5 nitrogen and oxygen atoms in total. The fourth-order valence-electron chi connectivity index (χ4n) is 3.08. The number of carbonyl (C=O) groups is 1. The average molecular weight is 416 g/mol. The van der Waals surface area contributed by atoms with Gasteiger partial charge in [-0.25, -0.2) is 0 Å². The van der Waals surface area contributed by atoms with Crippen LogP contribution in [-0.4, -0.2) is 10.8 Å². The minimum atomic E-state index is -4.59. The van der Waals surface area contributed by atoms with E-state index in [1.54, 1.807) is 24.3 Å². The first-order valence-electron chi connectivity index (χ1n) is 8.33. The van der Waals surface area contributed by atoms with E-state index in [9.17, 15) is 28.1 Å². The summed E-state index contributed by atoms with van der Waals surface area (Å²) in [7, 11) is 0. The lowest BCUT2D eigenvalue weighted by Crippen LogP contribution is -2.29. The fraction of sp³-hybridized carbons (Fsp3) is 0.0500. The van der Waals surface area contributed by atoms with Gasteiger partial charge < -0.3 is 0 Å². The highest BCUT2D eigenvalue weighted by Gasteiger charge is 2.36. The van der Waals surface area contributed by atoms with Gasteiger partial charge in [0.1, 0.15) is 5.56 Å². The van der Waals surface area contributed by atoms with Crippen LogP contribution >= 0.6 is 11.8 Å². The molecule has 1 heterocycles. The second-order valence-corrected chi connectivity index (χ2v) is 7.25. The van der Waals surface area contributed by atoms with Crippen molar-refractivity contribution in [3.8, 4) is 0 Å². The molecule has 1 aliphatic rings. The van der Waals surface area contributed by atoms with Crippen molar-refractivity contribution >= 4 is 34.7 Å². The SMILES string of the molecule is O=C(c1ccccc1[N+](=O)[O-])N1c2ccccc2Sc2ccc(C(F)(F)F)cc21. The van der Waals surface area contributed by atoms with Crippen molar-refractivity contribution in [1.29, 1.82) is 0 Å². The minimum absolute atomic E-state index is 0.0340. The quantitative estimate of drug-likeness (QED) is 0.376. The predicted molar refractivity (Wildman–Crippen MR) is 102 cm³/mol. The van der Waals surface area contributed by atoms with Crippen LogP contribution in [0.4, 0.5) is 30.2 Å². The number of nitrogens with zero attached hydrogens (tertiary/aromatic N) is 2. The highest BCUT2D eigenvalue weighted by molar-refractivity contribution is 7.99. The number of hydrogen-bond donors (Lipinski definition) is 0. The molecule has 146 valence electrons. The molecule has 29 heavy (non-hydrogen) atoms. The van der Waals surface area contributed by atoms with Gasteiger partial charge in [-0.3, -0.25) is 19.8 Å². The topological polar surface area (TPSA) is 63.4 Å². The average Bonchev–Trinajstić information content (AvgIpc) is 2.70. The molecule has 0 aromatic heterocycles. The molecule has 0 spiro atoms. The van der Waals surface area contributed by atoms with Crippen molar-refractivity contribution < 1.29 is 22.9 Å². The summed E-state index contributed by atoms with van der Waals surface area (Å²) in [4.78, 5) is 26.2. The number of rotatable bonds is 2. The van der Waals surface area contributed by atoms with Gasteiger partial charge >= 0.3 is 6.18 Å². The zero-order chi connectivity index (χ0) is 20.8. The van der Waals surface area contributed by atoms with E-state index < -0.39 is 28.3 Å². The standard InChI is InChI=1S/C20H11F3N2O3S/c21-20(22,23)12-9-10-18-16(11-12)24(15-7-3-4-8-17(15)29-18)19(26)13-5-1-2-6-14(13)25(27)28/h1-11H. The van der Waals surface area contributed by atoms with E-state index in [1.165, 1.54) is 42.1 Å². The Bertz CT molecular complexity index is 1150. The minimum Gasteiger partial charge on any atom is -0.274 e. The van der Waals surface area contributed by atoms with Gasteiger partial charge in [-0.05, 0) is 36.4 Å². The number of alkyl halides is 3. The molecule has 0 saturated heterocycles. The third kappa shape index (κ3) is 3.33. The number of hydrogen-bond acceptors (Lipinski definition) is 4. The van der Waals surface area contributed by atoms with Crippen LogP contribution in [0.5, 0.6) is 0 Å². The van der Waals surface area contributed by atoms with Gasteiger partial charge in [0.15, 0.2) is 0 Å². The van der Waals surface area contributed by atoms with Crippen molar-refractivity contribution in [3.63, 3.8) is 0 Å². The van der Waals surface area contributed by atoms with Crippen molar-refractivity contribution in [2.75, 3.05) is 4.90 Å². The lowest BCUT2D eigenvalue weighted by Gasteiger charge is -2.31. The molecule has 0 unspecified atom stereocenters. The molecule has 3 aromatic rings. The van der Waals surface area contributed by atoms with E-state index in [0.29, 0.717) is 15.5 Å². The summed E-state index contributed by atoms with van der Waals surface area (Å²) in [5.41, 5.74) is -1.12. The molecule has 4 rings (SSSR count). The van der Waals surface area contributed by atoms with Gasteiger partial charge in [0.2, 0.25) is 0 Å². The third-order valence-corrected chi connectivity index (χ3v) is 5.52. The van der Waals surface area contributed by atoms with Crippen molar-refractivity contribution in [3.05, 3.63) is 88.0 Å². The summed E-state index contributed by atoms with van der Waals surface area (Å²) >= 11 is 1.23. The number of nitro groups is 1.